The van der Waals surface area contributed by atoms with Crippen LogP contribution in [0.15, 0.2) is 11.9 Å². The van der Waals surface area contributed by atoms with Gasteiger partial charge in [0.1, 0.15) is 12.1 Å². The Morgan fingerprint density at radius 1 is 1.18 bits per heavy atom. The zero-order valence-corrected chi connectivity index (χ0v) is 13.9. The van der Waals surface area contributed by atoms with E-state index in [0.29, 0.717) is 5.92 Å². The molecule has 120 valence electrons. The van der Waals surface area contributed by atoms with Gasteiger partial charge in [-0.1, -0.05) is 18.9 Å². The molecule has 2 aliphatic rings. The van der Waals surface area contributed by atoms with Crippen molar-refractivity contribution in [2.24, 2.45) is 5.92 Å². The third-order valence-electron chi connectivity index (χ3n) is 5.16. The smallest absolute Gasteiger partial charge is 0.137 e. The van der Waals surface area contributed by atoms with Crippen LogP contribution in [0.4, 0.5) is 5.82 Å². The van der Waals surface area contributed by atoms with E-state index in [-0.39, 0.29) is 0 Å². The standard InChI is InChI=1S/C18H28N4/c1-3-13(9-10-19-2)11-20-18-17-15-6-4-5-14(15)7-8-16(17)21-12-22-18/h12-13,19H,3-11H2,1-2H3,(H,20,21,22). The highest BCUT2D eigenvalue weighted by Crippen LogP contribution is 2.43. The van der Waals surface area contributed by atoms with Crippen molar-refractivity contribution in [3.63, 3.8) is 0 Å². The van der Waals surface area contributed by atoms with Gasteiger partial charge in [0, 0.05) is 12.1 Å². The van der Waals surface area contributed by atoms with E-state index in [1.54, 1.807) is 17.5 Å². The second kappa shape index (κ2) is 7.23. The Morgan fingerprint density at radius 3 is 2.91 bits per heavy atom. The quantitative estimate of drug-likeness (QED) is 0.810. The lowest BCUT2D eigenvalue weighted by molar-refractivity contribution is 0.482. The molecule has 0 aliphatic heterocycles. The number of fused-ring (bicyclic) bond motifs is 2. The lowest BCUT2D eigenvalue weighted by atomic mass is 9.90. The molecular weight excluding hydrogens is 272 g/mol. The van der Waals surface area contributed by atoms with Gasteiger partial charge < -0.3 is 10.6 Å². The number of aromatic nitrogens is 2. The van der Waals surface area contributed by atoms with Gasteiger partial charge in [-0.2, -0.15) is 0 Å². The van der Waals surface area contributed by atoms with E-state index in [9.17, 15) is 0 Å². The molecule has 1 heterocycles. The SMILES string of the molecule is CCC(CCNC)CNc1ncnc2c1C1=C(CCC1)CC2. The summed E-state index contributed by atoms with van der Waals surface area (Å²) in [6.45, 7) is 4.36. The maximum atomic E-state index is 4.57. The van der Waals surface area contributed by atoms with E-state index >= 15 is 0 Å². The third kappa shape index (κ3) is 3.17. The monoisotopic (exact) mass is 300 g/mol. The number of nitrogens with one attached hydrogen (secondary N) is 2. The number of nitrogens with zero attached hydrogens (tertiary/aromatic N) is 2. The molecule has 0 spiro atoms. The molecule has 4 nitrogen and oxygen atoms in total. The highest BCUT2D eigenvalue weighted by Gasteiger charge is 2.26. The largest absolute Gasteiger partial charge is 0.369 e. The van der Waals surface area contributed by atoms with Gasteiger partial charge >= 0.3 is 0 Å². The molecule has 0 saturated heterocycles. The van der Waals surface area contributed by atoms with Gasteiger partial charge in [0.15, 0.2) is 0 Å². The van der Waals surface area contributed by atoms with Gasteiger partial charge in [-0.15, -0.1) is 0 Å². The molecule has 0 fully saturated rings. The second-order valence-corrected chi connectivity index (χ2v) is 6.53. The van der Waals surface area contributed by atoms with Crippen molar-refractivity contribution < 1.29 is 0 Å². The van der Waals surface area contributed by atoms with Gasteiger partial charge in [0.25, 0.3) is 0 Å². The van der Waals surface area contributed by atoms with Crippen LogP contribution in [0.5, 0.6) is 0 Å². The zero-order chi connectivity index (χ0) is 15.4. The molecule has 1 atom stereocenters. The minimum atomic E-state index is 0.693. The minimum Gasteiger partial charge on any atom is -0.369 e. The van der Waals surface area contributed by atoms with Crippen molar-refractivity contribution in [1.82, 2.24) is 15.3 Å². The first-order valence-corrected chi connectivity index (χ1v) is 8.77. The van der Waals surface area contributed by atoms with E-state index < -0.39 is 0 Å². The summed E-state index contributed by atoms with van der Waals surface area (Å²) < 4.78 is 0. The fourth-order valence-electron chi connectivity index (χ4n) is 3.76. The van der Waals surface area contributed by atoms with Crippen LogP contribution in [-0.2, 0) is 6.42 Å². The van der Waals surface area contributed by atoms with Crippen LogP contribution in [0.25, 0.3) is 5.57 Å². The molecule has 1 aromatic rings. The van der Waals surface area contributed by atoms with Crippen LogP contribution in [0.2, 0.25) is 0 Å². The highest BCUT2D eigenvalue weighted by atomic mass is 15.0. The van der Waals surface area contributed by atoms with Crippen molar-refractivity contribution in [3.8, 4) is 0 Å². The Kier molecular flexibility index (Phi) is 5.08. The molecule has 0 aromatic carbocycles. The molecule has 1 aromatic heterocycles. The van der Waals surface area contributed by atoms with E-state index in [1.807, 2.05) is 7.05 Å². The fourth-order valence-corrected chi connectivity index (χ4v) is 3.76. The molecule has 2 aliphatic carbocycles. The first kappa shape index (κ1) is 15.5. The summed E-state index contributed by atoms with van der Waals surface area (Å²) in [7, 11) is 2.02. The number of hydrogen-bond donors (Lipinski definition) is 2. The molecule has 0 bridgehead atoms. The summed E-state index contributed by atoms with van der Waals surface area (Å²) in [5.74, 6) is 1.76. The van der Waals surface area contributed by atoms with Crippen LogP contribution in [0.3, 0.4) is 0 Å². The molecule has 2 N–H and O–H groups in total. The van der Waals surface area contributed by atoms with E-state index in [4.69, 9.17) is 0 Å². The van der Waals surface area contributed by atoms with Crippen molar-refractivity contribution in [1.29, 1.82) is 0 Å². The number of aryl methyl sites for hydroxylation is 1. The maximum absolute atomic E-state index is 4.57. The average Bonchev–Trinajstić information content (AvgIpc) is 3.03. The van der Waals surface area contributed by atoms with Crippen molar-refractivity contribution in [3.05, 3.63) is 23.2 Å². The molecule has 0 saturated carbocycles. The normalized spacial score (nSPS) is 18.1. The first-order valence-electron chi connectivity index (χ1n) is 8.77. The predicted molar refractivity (Wildman–Crippen MR) is 91.9 cm³/mol. The molecule has 1 unspecified atom stereocenters. The lowest BCUT2D eigenvalue weighted by Crippen LogP contribution is -2.21. The van der Waals surface area contributed by atoms with Crippen LogP contribution >= 0.6 is 0 Å². The van der Waals surface area contributed by atoms with E-state index in [0.717, 1.165) is 25.3 Å². The first-order chi connectivity index (χ1) is 10.8. The van der Waals surface area contributed by atoms with Gasteiger partial charge in [0.2, 0.25) is 0 Å². The van der Waals surface area contributed by atoms with Crippen LogP contribution in [-0.4, -0.2) is 30.1 Å². The van der Waals surface area contributed by atoms with Crippen molar-refractivity contribution >= 4 is 11.4 Å². The van der Waals surface area contributed by atoms with Crippen molar-refractivity contribution in [2.45, 2.75) is 51.9 Å². The maximum Gasteiger partial charge on any atom is 0.137 e. The van der Waals surface area contributed by atoms with Gasteiger partial charge in [-0.25, -0.2) is 9.97 Å². The Balaban J connectivity index is 1.75. The van der Waals surface area contributed by atoms with E-state index in [1.165, 1.54) is 49.8 Å². The molecule has 22 heavy (non-hydrogen) atoms. The van der Waals surface area contributed by atoms with E-state index in [2.05, 4.69) is 27.5 Å². The Morgan fingerprint density at radius 2 is 2.09 bits per heavy atom. The number of rotatable bonds is 7. The van der Waals surface area contributed by atoms with Crippen molar-refractivity contribution in [2.75, 3.05) is 25.5 Å². The van der Waals surface area contributed by atoms with Gasteiger partial charge in [0.05, 0.1) is 5.69 Å². The Labute approximate surface area is 133 Å². The number of allylic oxidation sites excluding steroid dienone is 2. The fraction of sp³-hybridized carbons (Fsp3) is 0.667. The molecule has 0 amide bonds. The van der Waals surface area contributed by atoms with Gasteiger partial charge in [-0.3, -0.25) is 0 Å². The average molecular weight is 300 g/mol. The topological polar surface area (TPSA) is 49.8 Å². The molecule has 3 rings (SSSR count). The lowest BCUT2D eigenvalue weighted by Gasteiger charge is -2.22. The molecule has 4 heteroatoms. The Bertz CT molecular complexity index is 550. The van der Waals surface area contributed by atoms with Crippen LogP contribution in [0.1, 0.15) is 56.7 Å². The zero-order valence-electron chi connectivity index (χ0n) is 13.9. The highest BCUT2D eigenvalue weighted by molar-refractivity contribution is 5.80. The summed E-state index contributed by atoms with van der Waals surface area (Å²) in [6, 6.07) is 0. The summed E-state index contributed by atoms with van der Waals surface area (Å²) >= 11 is 0. The third-order valence-corrected chi connectivity index (χ3v) is 5.16. The number of anilines is 1. The summed E-state index contributed by atoms with van der Waals surface area (Å²) in [4.78, 5) is 9.11. The number of hydrogen-bond acceptors (Lipinski definition) is 4. The molecular formula is C18H28N4. The summed E-state index contributed by atoms with van der Waals surface area (Å²) in [5, 5.41) is 6.88. The Hall–Kier alpha value is -1.42. The predicted octanol–water partition coefficient (Wildman–Crippen LogP) is 3.41. The second-order valence-electron chi connectivity index (χ2n) is 6.53. The summed E-state index contributed by atoms with van der Waals surface area (Å²) in [6.07, 6.45) is 10.2. The van der Waals surface area contributed by atoms with Crippen LogP contribution < -0.4 is 10.6 Å². The minimum absolute atomic E-state index is 0.693. The summed E-state index contributed by atoms with van der Waals surface area (Å²) in [5.41, 5.74) is 5.80. The van der Waals surface area contributed by atoms with Gasteiger partial charge in [-0.05, 0) is 63.6 Å². The van der Waals surface area contributed by atoms with Crippen LogP contribution in [0, 0.1) is 5.92 Å². The molecule has 0 radical (unpaired) electrons.